The lowest BCUT2D eigenvalue weighted by Gasteiger charge is -2.22. The van der Waals surface area contributed by atoms with Gasteiger partial charge in [0.25, 0.3) is 11.8 Å². The molecule has 2 amide bonds. The highest BCUT2D eigenvalue weighted by molar-refractivity contribution is 7.99. The average Bonchev–Trinajstić information content (AvgIpc) is 3.86. The molecule has 2 aromatic heterocycles. The predicted octanol–water partition coefficient (Wildman–Crippen LogP) is 6.19. The van der Waals surface area contributed by atoms with E-state index in [9.17, 15) is 14.0 Å². The maximum absolute atomic E-state index is 13.8. The lowest BCUT2D eigenvalue weighted by Crippen LogP contribution is -2.28. The number of methoxy groups -OCH3 is 2. The van der Waals surface area contributed by atoms with Gasteiger partial charge >= 0.3 is 0 Å². The zero-order valence-electron chi connectivity index (χ0n) is 25.8. The summed E-state index contributed by atoms with van der Waals surface area (Å²) in [7, 11) is 3.04. The lowest BCUT2D eigenvalue weighted by molar-refractivity contribution is -0.130. The van der Waals surface area contributed by atoms with Gasteiger partial charge in [0.05, 0.1) is 43.1 Å². The molecule has 0 fully saturated rings. The number of ether oxygens (including phenoxy) is 2. The molecule has 0 radical (unpaired) electrons. The van der Waals surface area contributed by atoms with Crippen LogP contribution in [0, 0.1) is 12.7 Å². The number of carbonyl (C=O) groups excluding carboxylic acids is 2. The molecule has 0 saturated carbocycles. The number of aromatic nitrogens is 3. The van der Waals surface area contributed by atoms with Crippen molar-refractivity contribution in [3.8, 4) is 17.2 Å². The Balaban J connectivity index is 1.23. The molecule has 0 bridgehead atoms. The highest BCUT2D eigenvalue weighted by Gasteiger charge is 2.33. The van der Waals surface area contributed by atoms with Gasteiger partial charge in [0.2, 0.25) is 0 Å². The lowest BCUT2D eigenvalue weighted by atomic mass is 10.0. The topological polar surface area (TPSA) is 111 Å². The summed E-state index contributed by atoms with van der Waals surface area (Å²) in [6.45, 7) is 2.05. The van der Waals surface area contributed by atoms with Crippen LogP contribution in [0.1, 0.15) is 44.6 Å². The molecule has 3 heterocycles. The third-order valence-electron chi connectivity index (χ3n) is 7.53. The summed E-state index contributed by atoms with van der Waals surface area (Å²) in [5, 5.41) is 20.4. The van der Waals surface area contributed by atoms with Crippen molar-refractivity contribution in [3.63, 3.8) is 0 Å². The largest absolute Gasteiger partial charge is 0.497 e. The molecule has 0 unspecified atom stereocenters. The molecular weight excluding hydrogens is 640 g/mol. The zero-order valence-corrected chi connectivity index (χ0v) is 27.5. The number of hydrogen-bond donors (Lipinski definition) is 1. The first-order valence-electron chi connectivity index (χ1n) is 14.7. The molecule has 5 aromatic rings. The monoisotopic (exact) mass is 670 g/mol. The fraction of sp³-hybridized carbons (Fsp3) is 0.206. The molecule has 0 saturated heterocycles. The van der Waals surface area contributed by atoms with Crippen molar-refractivity contribution in [1.82, 2.24) is 25.1 Å². The Morgan fingerprint density at radius 2 is 1.77 bits per heavy atom. The van der Waals surface area contributed by atoms with E-state index in [2.05, 4.69) is 15.5 Å². The SMILES string of the molecule is COc1cc(OC)cc(C(=O)NCc2nnc(SCC(=O)N3N=C(c4cccs4)C[C@H]3c3ccc(F)cc3)n2-c2cccc(C)c2)c1. The summed E-state index contributed by atoms with van der Waals surface area (Å²) in [4.78, 5) is 27.9. The van der Waals surface area contributed by atoms with Crippen LogP contribution in [0.15, 0.2) is 94.5 Å². The van der Waals surface area contributed by atoms with Crippen molar-refractivity contribution < 1.29 is 23.5 Å². The van der Waals surface area contributed by atoms with Gasteiger partial charge in [-0.2, -0.15) is 5.10 Å². The van der Waals surface area contributed by atoms with Gasteiger partial charge in [-0.3, -0.25) is 14.2 Å². The van der Waals surface area contributed by atoms with E-state index in [0.29, 0.717) is 34.5 Å². The summed E-state index contributed by atoms with van der Waals surface area (Å²) in [5.41, 5.74) is 3.79. The minimum absolute atomic E-state index is 0.0266. The third-order valence-corrected chi connectivity index (χ3v) is 9.36. The second-order valence-electron chi connectivity index (χ2n) is 10.7. The highest BCUT2D eigenvalue weighted by Crippen LogP contribution is 2.35. The summed E-state index contributed by atoms with van der Waals surface area (Å²) in [6, 6.07) is 22.5. The molecule has 1 aliphatic rings. The van der Waals surface area contributed by atoms with E-state index in [1.54, 1.807) is 41.7 Å². The Morgan fingerprint density at radius 3 is 2.45 bits per heavy atom. The van der Waals surface area contributed by atoms with Crippen molar-refractivity contribution in [1.29, 1.82) is 0 Å². The smallest absolute Gasteiger partial charge is 0.253 e. The summed E-state index contributed by atoms with van der Waals surface area (Å²) in [6.07, 6.45) is 0.519. The first-order valence-corrected chi connectivity index (χ1v) is 16.5. The Hall–Kier alpha value is -5.01. The predicted molar refractivity (Wildman–Crippen MR) is 179 cm³/mol. The second kappa shape index (κ2) is 14.2. The van der Waals surface area contributed by atoms with Gasteiger partial charge in [-0.1, -0.05) is 42.1 Å². The van der Waals surface area contributed by atoms with Crippen LogP contribution in [0.3, 0.4) is 0 Å². The van der Waals surface area contributed by atoms with E-state index in [-0.39, 0.29) is 36.0 Å². The number of halogens is 1. The Kier molecular flexibility index (Phi) is 9.64. The number of nitrogens with zero attached hydrogens (tertiary/aromatic N) is 5. The molecule has 10 nitrogen and oxygen atoms in total. The van der Waals surface area contributed by atoms with Crippen LogP contribution in [-0.2, 0) is 11.3 Å². The van der Waals surface area contributed by atoms with Gasteiger partial charge in [-0.05, 0) is 65.9 Å². The number of benzene rings is 3. The quantitative estimate of drug-likeness (QED) is 0.167. The summed E-state index contributed by atoms with van der Waals surface area (Å²) >= 11 is 2.79. The average molecular weight is 671 g/mol. The fourth-order valence-corrected chi connectivity index (χ4v) is 6.75. The first kappa shape index (κ1) is 32.0. The van der Waals surface area contributed by atoms with Crippen molar-refractivity contribution in [3.05, 3.63) is 117 Å². The number of rotatable bonds is 11. The number of thiophene rings is 1. The van der Waals surface area contributed by atoms with Gasteiger partial charge < -0.3 is 14.8 Å². The van der Waals surface area contributed by atoms with E-state index >= 15 is 0 Å². The van der Waals surface area contributed by atoms with E-state index in [0.717, 1.165) is 27.4 Å². The molecule has 1 N–H and O–H groups in total. The van der Waals surface area contributed by atoms with Crippen molar-refractivity contribution in [2.24, 2.45) is 5.10 Å². The number of thioether (sulfide) groups is 1. The van der Waals surface area contributed by atoms with E-state index in [1.807, 2.05) is 53.3 Å². The van der Waals surface area contributed by atoms with Crippen LogP contribution in [-0.4, -0.2) is 57.3 Å². The van der Waals surface area contributed by atoms with Crippen molar-refractivity contribution in [2.75, 3.05) is 20.0 Å². The van der Waals surface area contributed by atoms with Crippen LogP contribution in [0.25, 0.3) is 5.69 Å². The van der Waals surface area contributed by atoms with Crippen molar-refractivity contribution in [2.45, 2.75) is 31.1 Å². The maximum atomic E-state index is 13.8. The Labute approximate surface area is 279 Å². The van der Waals surface area contributed by atoms with Gasteiger partial charge in [-0.25, -0.2) is 9.40 Å². The van der Waals surface area contributed by atoms with E-state index in [1.165, 1.54) is 43.1 Å². The van der Waals surface area contributed by atoms with Gasteiger partial charge in [0.1, 0.15) is 17.3 Å². The van der Waals surface area contributed by atoms with Crippen LogP contribution in [0.2, 0.25) is 0 Å². The number of nitrogens with one attached hydrogen (secondary N) is 1. The Bertz CT molecular complexity index is 1910. The number of carbonyl (C=O) groups is 2. The van der Waals surface area contributed by atoms with Gasteiger partial charge in [0, 0.05) is 23.7 Å². The number of aryl methyl sites for hydroxylation is 1. The molecule has 0 aliphatic carbocycles. The number of hydrogen-bond acceptors (Lipinski definition) is 9. The van der Waals surface area contributed by atoms with Crippen molar-refractivity contribution >= 4 is 40.6 Å². The number of amides is 2. The maximum Gasteiger partial charge on any atom is 0.253 e. The van der Waals surface area contributed by atoms with Gasteiger partial charge in [-0.15, -0.1) is 21.5 Å². The van der Waals surface area contributed by atoms with Crippen LogP contribution >= 0.6 is 23.1 Å². The summed E-state index contributed by atoms with van der Waals surface area (Å²) < 4.78 is 26.2. The molecule has 6 rings (SSSR count). The second-order valence-corrected chi connectivity index (χ2v) is 12.6. The minimum atomic E-state index is -0.364. The summed E-state index contributed by atoms with van der Waals surface area (Å²) in [5.74, 6) is 0.586. The standard InChI is InChI=1S/C34H31FN6O4S2/c1-21-6-4-7-25(14-21)40-31(19-36-33(43)23-15-26(44-2)17-27(16-23)45-3)37-38-34(40)47-20-32(42)41-29(22-9-11-24(35)12-10-22)18-28(39-41)30-8-5-13-46-30/h4-17,29H,18-20H2,1-3H3,(H,36,43)/t29-/m0/s1. The molecule has 0 spiro atoms. The fourth-order valence-electron chi connectivity index (χ4n) is 5.20. The molecule has 3 aromatic carbocycles. The normalized spacial score (nSPS) is 14.2. The molecule has 1 atom stereocenters. The number of hydrazone groups is 1. The Morgan fingerprint density at radius 1 is 1.00 bits per heavy atom. The third kappa shape index (κ3) is 7.21. The van der Waals surface area contributed by atoms with E-state index in [4.69, 9.17) is 14.6 Å². The zero-order chi connectivity index (χ0) is 32.9. The molecule has 240 valence electrons. The molecule has 1 aliphatic heterocycles. The highest BCUT2D eigenvalue weighted by atomic mass is 32.2. The minimum Gasteiger partial charge on any atom is -0.497 e. The van der Waals surface area contributed by atoms with Crippen LogP contribution in [0.5, 0.6) is 11.5 Å². The van der Waals surface area contributed by atoms with Gasteiger partial charge in [0.15, 0.2) is 11.0 Å². The first-order chi connectivity index (χ1) is 22.8. The van der Waals surface area contributed by atoms with E-state index < -0.39 is 0 Å². The molecule has 13 heteroatoms. The van der Waals surface area contributed by atoms with Crippen LogP contribution < -0.4 is 14.8 Å². The molecule has 47 heavy (non-hydrogen) atoms. The molecular formula is C34H31FN6O4S2. The van der Waals surface area contributed by atoms with Crippen LogP contribution in [0.4, 0.5) is 4.39 Å².